The van der Waals surface area contributed by atoms with E-state index in [1.807, 2.05) is 0 Å². The van der Waals surface area contributed by atoms with E-state index in [0.717, 1.165) is 39.3 Å². The molecule has 1 fully saturated rings. The van der Waals surface area contributed by atoms with Crippen molar-refractivity contribution in [2.45, 2.75) is 19.4 Å². The molecule has 2 heterocycles. The van der Waals surface area contributed by atoms with Crippen molar-refractivity contribution in [3.63, 3.8) is 0 Å². The first-order valence-corrected chi connectivity index (χ1v) is 9.30. The average Bonchev–Trinajstić information content (AvgIpc) is 3.06. The molecule has 130 valence electrons. The van der Waals surface area contributed by atoms with Crippen LogP contribution in [0.1, 0.15) is 17.5 Å². The lowest BCUT2D eigenvalue weighted by atomic mass is 10.1. The van der Waals surface area contributed by atoms with Gasteiger partial charge in [-0.15, -0.1) is 0 Å². The number of hydrogen-bond donors (Lipinski definition) is 0. The molecule has 25 heavy (non-hydrogen) atoms. The number of hydrogen-bond acceptors (Lipinski definition) is 2. The standard InChI is InChI=1S/C22H26N2O/c1-2-5-20(6-3-1)18-24-12-10-21-9-8-19(17-22(21)24)7-4-11-23-13-15-25-16-14-23/h1-3,5-6,8-10,12,17H,4,7,11,13-16,18H2. The third kappa shape index (κ3) is 4.12. The molecule has 0 spiro atoms. The Kier molecular flexibility index (Phi) is 5.14. The topological polar surface area (TPSA) is 17.4 Å². The molecule has 0 aliphatic carbocycles. The second-order valence-electron chi connectivity index (χ2n) is 6.88. The molecule has 0 amide bonds. The van der Waals surface area contributed by atoms with Crippen LogP contribution in [-0.2, 0) is 17.7 Å². The van der Waals surface area contributed by atoms with Crippen LogP contribution in [0.15, 0.2) is 60.8 Å². The minimum Gasteiger partial charge on any atom is -0.379 e. The fourth-order valence-electron chi connectivity index (χ4n) is 3.63. The van der Waals surface area contributed by atoms with Gasteiger partial charge in [-0.2, -0.15) is 0 Å². The van der Waals surface area contributed by atoms with Crippen LogP contribution in [-0.4, -0.2) is 42.3 Å². The Labute approximate surface area is 149 Å². The Morgan fingerprint density at radius 3 is 2.56 bits per heavy atom. The minimum absolute atomic E-state index is 0.888. The number of rotatable bonds is 6. The van der Waals surface area contributed by atoms with E-state index in [2.05, 4.69) is 70.3 Å². The molecule has 3 aromatic rings. The smallest absolute Gasteiger partial charge is 0.0594 e. The van der Waals surface area contributed by atoms with Crippen molar-refractivity contribution < 1.29 is 4.74 Å². The minimum atomic E-state index is 0.888. The average molecular weight is 334 g/mol. The van der Waals surface area contributed by atoms with Gasteiger partial charge in [0.2, 0.25) is 0 Å². The van der Waals surface area contributed by atoms with E-state index in [9.17, 15) is 0 Å². The Hall–Kier alpha value is -2.10. The summed E-state index contributed by atoms with van der Waals surface area (Å²) in [7, 11) is 0. The molecule has 0 atom stereocenters. The molecule has 3 heteroatoms. The van der Waals surface area contributed by atoms with E-state index in [1.165, 1.54) is 35.0 Å². The monoisotopic (exact) mass is 334 g/mol. The van der Waals surface area contributed by atoms with Gasteiger partial charge in [-0.25, -0.2) is 0 Å². The Bertz CT molecular complexity index is 803. The maximum absolute atomic E-state index is 5.42. The third-order valence-corrected chi connectivity index (χ3v) is 5.08. The van der Waals surface area contributed by atoms with Gasteiger partial charge in [0, 0.05) is 31.3 Å². The normalized spacial score (nSPS) is 15.7. The first-order valence-electron chi connectivity index (χ1n) is 9.30. The lowest BCUT2D eigenvalue weighted by Crippen LogP contribution is -2.36. The van der Waals surface area contributed by atoms with Crippen molar-refractivity contribution in [3.05, 3.63) is 71.9 Å². The molecular weight excluding hydrogens is 308 g/mol. The summed E-state index contributed by atoms with van der Waals surface area (Å²) in [6, 6.07) is 19.8. The number of ether oxygens (including phenoxy) is 1. The summed E-state index contributed by atoms with van der Waals surface area (Å²) in [5.41, 5.74) is 4.12. The zero-order valence-electron chi connectivity index (χ0n) is 14.7. The molecule has 0 N–H and O–H groups in total. The van der Waals surface area contributed by atoms with Crippen LogP contribution >= 0.6 is 0 Å². The van der Waals surface area contributed by atoms with Crippen LogP contribution in [0, 0.1) is 0 Å². The number of nitrogens with zero attached hydrogens (tertiary/aromatic N) is 2. The highest BCUT2D eigenvalue weighted by atomic mass is 16.5. The van der Waals surface area contributed by atoms with Gasteiger partial charge in [0.25, 0.3) is 0 Å². The lowest BCUT2D eigenvalue weighted by Gasteiger charge is -2.26. The number of benzene rings is 2. The molecule has 0 bridgehead atoms. The molecule has 0 saturated carbocycles. The molecule has 1 saturated heterocycles. The molecule has 0 radical (unpaired) electrons. The second-order valence-corrected chi connectivity index (χ2v) is 6.88. The summed E-state index contributed by atoms with van der Waals surface area (Å²) in [6.45, 7) is 6.05. The Balaban J connectivity index is 1.42. The van der Waals surface area contributed by atoms with E-state index in [-0.39, 0.29) is 0 Å². The van der Waals surface area contributed by atoms with Gasteiger partial charge < -0.3 is 9.30 Å². The first-order chi connectivity index (χ1) is 12.4. The van der Waals surface area contributed by atoms with Crippen LogP contribution in [0.3, 0.4) is 0 Å². The van der Waals surface area contributed by atoms with Gasteiger partial charge in [0.1, 0.15) is 0 Å². The molecule has 1 aliphatic rings. The van der Waals surface area contributed by atoms with Gasteiger partial charge in [-0.05, 0) is 48.0 Å². The Morgan fingerprint density at radius 1 is 0.880 bits per heavy atom. The number of aryl methyl sites for hydroxylation is 1. The van der Waals surface area contributed by atoms with Crippen molar-refractivity contribution in [2.75, 3.05) is 32.8 Å². The highest BCUT2D eigenvalue weighted by Gasteiger charge is 2.10. The van der Waals surface area contributed by atoms with Crippen LogP contribution in [0.25, 0.3) is 10.9 Å². The van der Waals surface area contributed by atoms with E-state index < -0.39 is 0 Å². The van der Waals surface area contributed by atoms with Crippen LogP contribution in [0.4, 0.5) is 0 Å². The number of morpholine rings is 1. The highest BCUT2D eigenvalue weighted by molar-refractivity contribution is 5.81. The van der Waals surface area contributed by atoms with Crippen LogP contribution in [0.2, 0.25) is 0 Å². The zero-order chi connectivity index (χ0) is 16.9. The van der Waals surface area contributed by atoms with Crippen molar-refractivity contribution >= 4 is 10.9 Å². The number of aromatic nitrogens is 1. The zero-order valence-corrected chi connectivity index (χ0v) is 14.7. The summed E-state index contributed by atoms with van der Waals surface area (Å²) in [4.78, 5) is 2.51. The first kappa shape index (κ1) is 16.4. The molecular formula is C22H26N2O. The van der Waals surface area contributed by atoms with E-state index in [0.29, 0.717) is 0 Å². The second kappa shape index (κ2) is 7.85. The lowest BCUT2D eigenvalue weighted by molar-refractivity contribution is 0.0375. The van der Waals surface area contributed by atoms with Crippen molar-refractivity contribution in [1.82, 2.24) is 9.47 Å². The van der Waals surface area contributed by atoms with E-state index in [4.69, 9.17) is 4.74 Å². The van der Waals surface area contributed by atoms with Gasteiger partial charge in [-0.1, -0.05) is 42.5 Å². The predicted octanol–water partition coefficient (Wildman–Crippen LogP) is 3.95. The van der Waals surface area contributed by atoms with E-state index in [1.54, 1.807) is 0 Å². The van der Waals surface area contributed by atoms with Gasteiger partial charge in [-0.3, -0.25) is 4.90 Å². The highest BCUT2D eigenvalue weighted by Crippen LogP contribution is 2.20. The molecule has 1 aromatic heterocycles. The van der Waals surface area contributed by atoms with Crippen molar-refractivity contribution in [3.8, 4) is 0 Å². The van der Waals surface area contributed by atoms with Crippen molar-refractivity contribution in [1.29, 1.82) is 0 Å². The summed E-state index contributed by atoms with van der Waals surface area (Å²) >= 11 is 0. The van der Waals surface area contributed by atoms with Crippen molar-refractivity contribution in [2.24, 2.45) is 0 Å². The fraction of sp³-hybridized carbons (Fsp3) is 0.364. The van der Waals surface area contributed by atoms with Crippen LogP contribution in [0.5, 0.6) is 0 Å². The maximum atomic E-state index is 5.42. The fourth-order valence-corrected chi connectivity index (χ4v) is 3.63. The van der Waals surface area contributed by atoms with Crippen LogP contribution < -0.4 is 0 Å². The summed E-state index contributed by atoms with van der Waals surface area (Å²) in [5.74, 6) is 0. The summed E-state index contributed by atoms with van der Waals surface area (Å²) in [6.07, 6.45) is 4.56. The largest absolute Gasteiger partial charge is 0.379 e. The van der Waals surface area contributed by atoms with E-state index >= 15 is 0 Å². The summed E-state index contributed by atoms with van der Waals surface area (Å²) in [5, 5.41) is 1.33. The quantitative estimate of drug-likeness (QED) is 0.679. The molecule has 4 rings (SSSR count). The summed E-state index contributed by atoms with van der Waals surface area (Å²) < 4.78 is 7.78. The number of fused-ring (bicyclic) bond motifs is 1. The molecule has 1 aliphatic heterocycles. The molecule has 3 nitrogen and oxygen atoms in total. The maximum Gasteiger partial charge on any atom is 0.0594 e. The third-order valence-electron chi connectivity index (χ3n) is 5.08. The van der Waals surface area contributed by atoms with Gasteiger partial charge >= 0.3 is 0 Å². The van der Waals surface area contributed by atoms with Gasteiger partial charge in [0.05, 0.1) is 13.2 Å². The Morgan fingerprint density at radius 2 is 1.72 bits per heavy atom. The van der Waals surface area contributed by atoms with Gasteiger partial charge in [0.15, 0.2) is 0 Å². The predicted molar refractivity (Wildman–Crippen MR) is 103 cm³/mol. The molecule has 0 unspecified atom stereocenters. The SMILES string of the molecule is c1ccc(Cn2ccc3ccc(CCCN4CCOCC4)cc32)cc1. The molecule has 2 aromatic carbocycles.